The second kappa shape index (κ2) is 9.19. The molecule has 7 nitrogen and oxygen atoms in total. The summed E-state index contributed by atoms with van der Waals surface area (Å²) in [7, 11) is 1.01. The third-order valence-corrected chi connectivity index (χ3v) is 6.14. The van der Waals surface area contributed by atoms with Gasteiger partial charge in [-0.15, -0.1) is 0 Å². The van der Waals surface area contributed by atoms with Gasteiger partial charge in [0.1, 0.15) is 5.82 Å². The van der Waals surface area contributed by atoms with Gasteiger partial charge >= 0.3 is 0 Å². The molecule has 2 N–H and O–H groups in total. The maximum atomic E-state index is 11.8. The normalized spacial score (nSPS) is 11.7. The van der Waals surface area contributed by atoms with Crippen molar-refractivity contribution in [2.24, 2.45) is 0 Å². The van der Waals surface area contributed by atoms with Crippen molar-refractivity contribution in [2.75, 3.05) is 43.6 Å². The fourth-order valence-corrected chi connectivity index (χ4v) is 3.74. The first-order valence-electron chi connectivity index (χ1n) is 9.58. The number of rotatable bonds is 9. The van der Waals surface area contributed by atoms with E-state index in [1.807, 2.05) is 62.6 Å². The van der Waals surface area contributed by atoms with Crippen LogP contribution >= 0.6 is 0 Å². The van der Waals surface area contributed by atoms with E-state index in [9.17, 15) is 8.42 Å². The lowest BCUT2D eigenvalue weighted by atomic mass is 10.2. The largest absolute Gasteiger partial charge is 0.368 e. The quantitative estimate of drug-likeness (QED) is 0.557. The molecule has 0 bridgehead atoms. The summed E-state index contributed by atoms with van der Waals surface area (Å²) < 4.78 is 23.6. The molecule has 0 aliphatic rings. The molecule has 0 radical (unpaired) electrons. The van der Waals surface area contributed by atoms with Gasteiger partial charge in [0.25, 0.3) is 0 Å². The van der Waals surface area contributed by atoms with Crippen molar-refractivity contribution < 1.29 is 8.42 Å². The summed E-state index contributed by atoms with van der Waals surface area (Å²) in [6.07, 6.45) is 0. The molecule has 0 fully saturated rings. The number of nitrogens with one attached hydrogen (secondary N) is 2. The number of para-hydroxylation sites is 1. The SMILES string of the molecule is CCS(=O)(=O)Cc1ccc(Nc2nc(NCCN(C)C)c3ccccc3n2)cc1. The average Bonchev–Trinajstić information content (AvgIpc) is 2.69. The summed E-state index contributed by atoms with van der Waals surface area (Å²) in [5.41, 5.74) is 2.42. The lowest BCUT2D eigenvalue weighted by molar-refractivity contribution is 0.425. The van der Waals surface area contributed by atoms with Gasteiger partial charge in [-0.05, 0) is 43.9 Å². The van der Waals surface area contributed by atoms with E-state index >= 15 is 0 Å². The molecule has 0 saturated heterocycles. The van der Waals surface area contributed by atoms with E-state index in [1.165, 1.54) is 0 Å². The van der Waals surface area contributed by atoms with Gasteiger partial charge in [-0.2, -0.15) is 4.98 Å². The topological polar surface area (TPSA) is 87.2 Å². The highest BCUT2D eigenvalue weighted by Crippen LogP contribution is 2.24. The Morgan fingerprint density at radius 3 is 2.41 bits per heavy atom. The number of benzene rings is 2. The van der Waals surface area contributed by atoms with Gasteiger partial charge in [0.2, 0.25) is 5.95 Å². The van der Waals surface area contributed by atoms with Gasteiger partial charge < -0.3 is 15.5 Å². The second-order valence-corrected chi connectivity index (χ2v) is 9.49. The highest BCUT2D eigenvalue weighted by atomic mass is 32.2. The van der Waals surface area contributed by atoms with Crippen LogP contribution in [0, 0.1) is 0 Å². The highest BCUT2D eigenvalue weighted by molar-refractivity contribution is 7.90. The molecule has 0 spiro atoms. The molecule has 0 amide bonds. The fraction of sp³-hybridized carbons (Fsp3) is 0.333. The van der Waals surface area contributed by atoms with Crippen LogP contribution in [0.4, 0.5) is 17.5 Å². The molecule has 1 heterocycles. The molecule has 0 atom stereocenters. The van der Waals surface area contributed by atoms with Crippen LogP contribution in [0.15, 0.2) is 48.5 Å². The number of sulfone groups is 1. The Morgan fingerprint density at radius 1 is 1.00 bits per heavy atom. The van der Waals surface area contributed by atoms with E-state index in [2.05, 4.69) is 25.5 Å². The monoisotopic (exact) mass is 413 g/mol. The molecule has 3 aromatic rings. The minimum absolute atomic E-state index is 0.0518. The molecule has 0 unspecified atom stereocenters. The number of hydrogen-bond acceptors (Lipinski definition) is 7. The molecular formula is C21H27N5O2S. The maximum Gasteiger partial charge on any atom is 0.229 e. The van der Waals surface area contributed by atoms with Crippen molar-refractivity contribution in [1.29, 1.82) is 0 Å². The molecule has 0 aliphatic heterocycles. The summed E-state index contributed by atoms with van der Waals surface area (Å²) in [5.74, 6) is 1.47. The Morgan fingerprint density at radius 2 is 1.72 bits per heavy atom. The molecule has 8 heteroatoms. The molecule has 1 aromatic heterocycles. The number of anilines is 3. The predicted molar refractivity (Wildman–Crippen MR) is 119 cm³/mol. The van der Waals surface area contributed by atoms with Crippen LogP contribution < -0.4 is 10.6 Å². The number of aromatic nitrogens is 2. The summed E-state index contributed by atoms with van der Waals surface area (Å²) in [6, 6.07) is 15.2. The van der Waals surface area contributed by atoms with Gasteiger partial charge in [-0.3, -0.25) is 0 Å². The first kappa shape index (κ1) is 21.0. The van der Waals surface area contributed by atoms with E-state index in [-0.39, 0.29) is 11.5 Å². The molecular weight excluding hydrogens is 386 g/mol. The molecule has 2 aromatic carbocycles. The van der Waals surface area contributed by atoms with E-state index in [1.54, 1.807) is 6.92 Å². The second-order valence-electron chi connectivity index (χ2n) is 7.14. The van der Waals surface area contributed by atoms with E-state index in [0.29, 0.717) is 5.95 Å². The molecule has 0 saturated carbocycles. The number of hydrogen-bond donors (Lipinski definition) is 2. The smallest absolute Gasteiger partial charge is 0.229 e. The third-order valence-electron chi connectivity index (χ3n) is 4.49. The lowest BCUT2D eigenvalue weighted by Crippen LogP contribution is -2.21. The Labute approximate surface area is 172 Å². The predicted octanol–water partition coefficient (Wildman–Crippen LogP) is 3.28. The lowest BCUT2D eigenvalue weighted by Gasteiger charge is -2.14. The van der Waals surface area contributed by atoms with Gasteiger partial charge in [0.15, 0.2) is 9.84 Å². The number of nitrogens with zero attached hydrogens (tertiary/aromatic N) is 3. The van der Waals surface area contributed by atoms with Crippen LogP contribution in [-0.4, -0.2) is 56.2 Å². The molecule has 0 aliphatic carbocycles. The van der Waals surface area contributed by atoms with Crippen LogP contribution in [0.1, 0.15) is 12.5 Å². The zero-order chi connectivity index (χ0) is 20.9. The summed E-state index contributed by atoms with van der Waals surface area (Å²) in [6.45, 7) is 3.32. The van der Waals surface area contributed by atoms with Gasteiger partial charge in [0.05, 0.1) is 11.3 Å². The average molecular weight is 414 g/mol. The van der Waals surface area contributed by atoms with Crippen LogP contribution in [0.3, 0.4) is 0 Å². The molecule has 29 heavy (non-hydrogen) atoms. The van der Waals surface area contributed by atoms with Gasteiger partial charge in [0, 0.05) is 29.9 Å². The van der Waals surface area contributed by atoms with E-state index in [4.69, 9.17) is 0 Å². The summed E-state index contributed by atoms with van der Waals surface area (Å²) >= 11 is 0. The summed E-state index contributed by atoms with van der Waals surface area (Å²) in [4.78, 5) is 11.3. The minimum atomic E-state index is -3.05. The first-order chi connectivity index (χ1) is 13.9. The Hall–Kier alpha value is -2.71. The van der Waals surface area contributed by atoms with Crippen molar-refractivity contribution in [3.8, 4) is 0 Å². The van der Waals surface area contributed by atoms with E-state index in [0.717, 1.165) is 41.1 Å². The first-order valence-corrected chi connectivity index (χ1v) is 11.4. The minimum Gasteiger partial charge on any atom is -0.368 e. The Kier molecular flexibility index (Phi) is 6.66. The number of fused-ring (bicyclic) bond motifs is 1. The maximum absolute atomic E-state index is 11.8. The molecule has 154 valence electrons. The van der Waals surface area contributed by atoms with Gasteiger partial charge in [-0.25, -0.2) is 13.4 Å². The van der Waals surface area contributed by atoms with Crippen molar-refractivity contribution >= 4 is 38.2 Å². The fourth-order valence-electron chi connectivity index (χ4n) is 2.83. The Balaban J connectivity index is 1.80. The van der Waals surface area contributed by atoms with E-state index < -0.39 is 9.84 Å². The summed E-state index contributed by atoms with van der Waals surface area (Å²) in [5, 5.41) is 7.57. The third kappa shape index (κ3) is 5.88. The van der Waals surface area contributed by atoms with Crippen molar-refractivity contribution in [2.45, 2.75) is 12.7 Å². The highest BCUT2D eigenvalue weighted by Gasteiger charge is 2.10. The van der Waals surface area contributed by atoms with Crippen LogP contribution in [-0.2, 0) is 15.6 Å². The van der Waals surface area contributed by atoms with Crippen LogP contribution in [0.2, 0.25) is 0 Å². The van der Waals surface area contributed by atoms with Crippen molar-refractivity contribution in [3.05, 3.63) is 54.1 Å². The zero-order valence-corrected chi connectivity index (χ0v) is 17.8. The number of likely N-dealkylation sites (N-methyl/N-ethyl adjacent to an activating group) is 1. The zero-order valence-electron chi connectivity index (χ0n) is 17.0. The Bertz CT molecular complexity index is 1070. The molecule has 3 rings (SSSR count). The van der Waals surface area contributed by atoms with Crippen LogP contribution in [0.5, 0.6) is 0 Å². The van der Waals surface area contributed by atoms with Gasteiger partial charge in [-0.1, -0.05) is 31.2 Å². The van der Waals surface area contributed by atoms with Crippen LogP contribution in [0.25, 0.3) is 10.9 Å². The van der Waals surface area contributed by atoms with Crippen molar-refractivity contribution in [1.82, 2.24) is 14.9 Å². The van der Waals surface area contributed by atoms with Crippen molar-refractivity contribution in [3.63, 3.8) is 0 Å². The standard InChI is InChI=1S/C21H27N5O2S/c1-4-29(27,28)15-16-9-11-17(12-10-16)23-21-24-19-8-6-5-7-18(19)20(25-21)22-13-14-26(2)3/h5-12H,4,13-15H2,1-3H3,(H2,22,23,24,25).